The molecule has 0 fully saturated rings. The summed E-state index contributed by atoms with van der Waals surface area (Å²) in [5.41, 5.74) is 0.892. The Balaban J connectivity index is 2.73. The van der Waals surface area contributed by atoms with Crippen molar-refractivity contribution in [3.8, 4) is 0 Å². The summed E-state index contributed by atoms with van der Waals surface area (Å²) in [5.74, 6) is -1.62. The van der Waals surface area contributed by atoms with Gasteiger partial charge in [-0.25, -0.2) is 4.79 Å². The van der Waals surface area contributed by atoms with E-state index < -0.39 is 11.9 Å². The predicted octanol–water partition coefficient (Wildman–Crippen LogP) is 1.62. The molecule has 0 aromatic heterocycles. The van der Waals surface area contributed by atoms with Crippen molar-refractivity contribution in [2.75, 3.05) is 27.2 Å². The average Bonchev–Trinajstić information content (AvgIpc) is 2.40. The van der Waals surface area contributed by atoms with E-state index in [1.54, 1.807) is 13.0 Å². The maximum atomic E-state index is 11.5. The van der Waals surface area contributed by atoms with Crippen LogP contribution in [0.1, 0.15) is 18.5 Å². The topological polar surface area (TPSA) is 58.6 Å². The van der Waals surface area contributed by atoms with Gasteiger partial charge >= 0.3 is 11.9 Å². The highest BCUT2D eigenvalue weighted by Gasteiger charge is 2.20. The van der Waals surface area contributed by atoms with E-state index in [-0.39, 0.29) is 19.2 Å². The molecule has 0 aliphatic heterocycles. The minimum Gasteiger partial charge on any atom is -0.459 e. The zero-order valence-electron chi connectivity index (χ0n) is 11.9. The van der Waals surface area contributed by atoms with Crippen molar-refractivity contribution >= 4 is 23.5 Å². The van der Waals surface area contributed by atoms with Crippen LogP contribution < -0.4 is 5.32 Å². The molecule has 1 aromatic rings. The van der Waals surface area contributed by atoms with Crippen LogP contribution in [0, 0.1) is 0 Å². The molecule has 0 saturated heterocycles. The molecule has 0 bridgehead atoms. The lowest BCUT2D eigenvalue weighted by Gasteiger charge is -2.25. The highest BCUT2D eigenvalue weighted by atomic mass is 35.5. The number of hydrogen-bond acceptors (Lipinski definition) is 4. The van der Waals surface area contributed by atoms with Gasteiger partial charge in [0.2, 0.25) is 0 Å². The Morgan fingerprint density at radius 3 is 2.55 bits per heavy atom. The lowest BCUT2D eigenvalue weighted by Crippen LogP contribution is -2.38. The number of amides is 1. The van der Waals surface area contributed by atoms with Gasteiger partial charge in [-0.3, -0.25) is 4.79 Å². The Labute approximate surface area is 123 Å². The minimum absolute atomic E-state index is 0.123. The molecular weight excluding hydrogens is 280 g/mol. The third kappa shape index (κ3) is 4.51. The third-order valence-electron chi connectivity index (χ3n) is 2.80. The van der Waals surface area contributed by atoms with Crippen molar-refractivity contribution in [3.05, 3.63) is 34.9 Å². The summed E-state index contributed by atoms with van der Waals surface area (Å²) in [6.07, 6.45) is 0. The van der Waals surface area contributed by atoms with E-state index in [0.717, 1.165) is 5.56 Å². The van der Waals surface area contributed by atoms with Crippen LogP contribution in [0.25, 0.3) is 0 Å². The monoisotopic (exact) mass is 298 g/mol. The van der Waals surface area contributed by atoms with Gasteiger partial charge in [0.05, 0.1) is 12.6 Å². The molecule has 1 rings (SSSR count). The molecule has 0 heterocycles. The number of carbonyl (C=O) groups is 2. The molecule has 1 amide bonds. The maximum absolute atomic E-state index is 11.5. The predicted molar refractivity (Wildman–Crippen MR) is 77.5 cm³/mol. The lowest BCUT2D eigenvalue weighted by atomic mass is 10.1. The number of esters is 1. The second-order valence-corrected chi connectivity index (χ2v) is 4.84. The van der Waals surface area contributed by atoms with E-state index in [0.29, 0.717) is 5.02 Å². The van der Waals surface area contributed by atoms with Gasteiger partial charge in [-0.15, -0.1) is 0 Å². The van der Waals surface area contributed by atoms with Crippen LogP contribution in [0.15, 0.2) is 24.3 Å². The molecule has 1 unspecified atom stereocenters. The maximum Gasteiger partial charge on any atom is 0.396 e. The fraction of sp³-hybridized carbons (Fsp3) is 0.429. The van der Waals surface area contributed by atoms with E-state index in [2.05, 4.69) is 10.1 Å². The molecule has 0 spiro atoms. The van der Waals surface area contributed by atoms with Crippen molar-refractivity contribution in [1.82, 2.24) is 10.2 Å². The third-order valence-corrected chi connectivity index (χ3v) is 3.15. The Morgan fingerprint density at radius 2 is 2.00 bits per heavy atom. The Hall–Kier alpha value is -1.59. The first-order chi connectivity index (χ1) is 9.47. The van der Waals surface area contributed by atoms with Gasteiger partial charge in [0.25, 0.3) is 0 Å². The zero-order valence-corrected chi connectivity index (χ0v) is 12.6. The number of carbonyl (C=O) groups excluding carboxylic acids is 2. The second kappa shape index (κ2) is 7.87. The van der Waals surface area contributed by atoms with E-state index in [9.17, 15) is 9.59 Å². The molecule has 20 heavy (non-hydrogen) atoms. The molecule has 0 aliphatic rings. The Morgan fingerprint density at radius 1 is 1.35 bits per heavy atom. The van der Waals surface area contributed by atoms with Crippen LogP contribution in [0.3, 0.4) is 0 Å². The quantitative estimate of drug-likeness (QED) is 0.663. The SMILES string of the molecule is CCOC(=O)C(=O)NCC(c1ccccc1Cl)N(C)C. The number of rotatable bonds is 5. The van der Waals surface area contributed by atoms with E-state index in [1.165, 1.54) is 0 Å². The largest absolute Gasteiger partial charge is 0.459 e. The van der Waals surface area contributed by atoms with Gasteiger partial charge in [-0.1, -0.05) is 29.8 Å². The molecule has 1 atom stereocenters. The minimum atomic E-state index is -0.871. The van der Waals surface area contributed by atoms with Crippen LogP contribution in [0.5, 0.6) is 0 Å². The van der Waals surface area contributed by atoms with Gasteiger partial charge < -0.3 is 15.0 Å². The van der Waals surface area contributed by atoms with Crippen molar-refractivity contribution in [2.45, 2.75) is 13.0 Å². The highest BCUT2D eigenvalue weighted by molar-refractivity contribution is 6.32. The van der Waals surface area contributed by atoms with Crippen LogP contribution >= 0.6 is 11.6 Å². The second-order valence-electron chi connectivity index (χ2n) is 4.43. The number of hydrogen-bond donors (Lipinski definition) is 1. The van der Waals surface area contributed by atoms with Crippen molar-refractivity contribution in [3.63, 3.8) is 0 Å². The van der Waals surface area contributed by atoms with Crippen LogP contribution in [-0.4, -0.2) is 44.0 Å². The number of nitrogens with one attached hydrogen (secondary N) is 1. The average molecular weight is 299 g/mol. The number of benzene rings is 1. The number of halogens is 1. The molecule has 0 radical (unpaired) electrons. The zero-order chi connectivity index (χ0) is 15.1. The van der Waals surface area contributed by atoms with Crippen molar-refractivity contribution in [2.24, 2.45) is 0 Å². The van der Waals surface area contributed by atoms with Gasteiger partial charge in [-0.05, 0) is 32.6 Å². The summed E-state index contributed by atoms with van der Waals surface area (Å²) >= 11 is 6.16. The molecule has 1 aromatic carbocycles. The van der Waals surface area contributed by atoms with Crippen LogP contribution in [0.4, 0.5) is 0 Å². The van der Waals surface area contributed by atoms with Crippen molar-refractivity contribution < 1.29 is 14.3 Å². The van der Waals surface area contributed by atoms with Gasteiger partial charge in [0.15, 0.2) is 0 Å². The molecule has 0 saturated carbocycles. The van der Waals surface area contributed by atoms with Gasteiger partial charge in [-0.2, -0.15) is 0 Å². The summed E-state index contributed by atoms with van der Waals surface area (Å²) in [4.78, 5) is 24.7. The first kappa shape index (κ1) is 16.5. The number of likely N-dealkylation sites (N-methyl/N-ethyl adjacent to an activating group) is 1. The molecule has 1 N–H and O–H groups in total. The summed E-state index contributed by atoms with van der Waals surface area (Å²) in [7, 11) is 3.76. The van der Waals surface area contributed by atoms with E-state index >= 15 is 0 Å². The molecule has 6 heteroatoms. The lowest BCUT2D eigenvalue weighted by molar-refractivity contribution is -0.154. The number of ether oxygens (including phenoxy) is 1. The molecule has 110 valence electrons. The molecule has 5 nitrogen and oxygen atoms in total. The summed E-state index contributed by atoms with van der Waals surface area (Å²) < 4.78 is 4.64. The fourth-order valence-corrected chi connectivity index (χ4v) is 2.04. The Bertz CT molecular complexity index is 477. The first-order valence-electron chi connectivity index (χ1n) is 6.33. The fourth-order valence-electron chi connectivity index (χ4n) is 1.77. The summed E-state index contributed by atoms with van der Waals surface area (Å²) in [6.45, 7) is 2.10. The van der Waals surface area contributed by atoms with Crippen molar-refractivity contribution in [1.29, 1.82) is 0 Å². The first-order valence-corrected chi connectivity index (χ1v) is 6.71. The molecule has 0 aliphatic carbocycles. The Kier molecular flexibility index (Phi) is 6.48. The molecular formula is C14H19ClN2O3. The number of nitrogens with zero attached hydrogens (tertiary/aromatic N) is 1. The van der Waals surface area contributed by atoms with E-state index in [1.807, 2.05) is 37.2 Å². The summed E-state index contributed by atoms with van der Waals surface area (Å²) in [6, 6.07) is 7.28. The van der Waals surface area contributed by atoms with E-state index in [4.69, 9.17) is 11.6 Å². The smallest absolute Gasteiger partial charge is 0.396 e. The van der Waals surface area contributed by atoms with Gasteiger partial charge in [0, 0.05) is 11.6 Å². The van der Waals surface area contributed by atoms with Crippen LogP contribution in [-0.2, 0) is 14.3 Å². The highest BCUT2D eigenvalue weighted by Crippen LogP contribution is 2.25. The van der Waals surface area contributed by atoms with Crippen LogP contribution in [0.2, 0.25) is 5.02 Å². The standard InChI is InChI=1S/C14H19ClN2O3/c1-4-20-14(19)13(18)16-9-12(17(2)3)10-7-5-6-8-11(10)15/h5-8,12H,4,9H2,1-3H3,(H,16,18). The normalized spacial score (nSPS) is 12.1. The van der Waals surface area contributed by atoms with Gasteiger partial charge in [0.1, 0.15) is 0 Å². The summed E-state index contributed by atoms with van der Waals surface area (Å²) in [5, 5.41) is 3.18.